The van der Waals surface area contributed by atoms with Crippen LogP contribution in [-0.4, -0.2) is 34.4 Å². The van der Waals surface area contributed by atoms with Crippen molar-refractivity contribution in [2.45, 2.75) is 11.3 Å². The van der Waals surface area contributed by atoms with Crippen molar-refractivity contribution in [2.24, 2.45) is 5.73 Å². The molecule has 3 rings (SSSR count). The van der Waals surface area contributed by atoms with Crippen molar-refractivity contribution in [3.8, 4) is 0 Å². The SMILES string of the molecule is NC(=O)c1ccccc1NS(=O)(=O)c1ccc(N2C(=O)CCS2(=O)=O)cc1. The maximum atomic E-state index is 12.5. The van der Waals surface area contributed by atoms with Gasteiger partial charge in [0.25, 0.3) is 15.9 Å². The monoisotopic (exact) mass is 409 g/mol. The molecular formula is C16H15N3O6S2. The van der Waals surface area contributed by atoms with Gasteiger partial charge in [-0.05, 0) is 36.4 Å². The molecular weight excluding hydrogens is 394 g/mol. The minimum atomic E-state index is -4.06. The van der Waals surface area contributed by atoms with Crippen LogP contribution in [0.1, 0.15) is 16.8 Å². The number of para-hydroxylation sites is 1. The number of hydrogen-bond acceptors (Lipinski definition) is 6. The molecule has 142 valence electrons. The summed E-state index contributed by atoms with van der Waals surface area (Å²) in [7, 11) is -7.80. The predicted octanol–water partition coefficient (Wildman–Crippen LogP) is 0.653. The Labute approximate surface area is 155 Å². The van der Waals surface area contributed by atoms with Crippen LogP contribution in [0.3, 0.4) is 0 Å². The summed E-state index contributed by atoms with van der Waals surface area (Å²) in [5, 5.41) is 0. The highest BCUT2D eigenvalue weighted by Crippen LogP contribution is 2.27. The van der Waals surface area contributed by atoms with E-state index in [-0.39, 0.29) is 34.0 Å². The molecule has 0 bridgehead atoms. The van der Waals surface area contributed by atoms with Crippen LogP contribution in [0, 0.1) is 0 Å². The van der Waals surface area contributed by atoms with Crippen LogP contribution in [0.25, 0.3) is 0 Å². The number of benzene rings is 2. The van der Waals surface area contributed by atoms with Crippen LogP contribution in [-0.2, 0) is 24.8 Å². The molecule has 1 fully saturated rings. The average molecular weight is 409 g/mol. The van der Waals surface area contributed by atoms with E-state index < -0.39 is 31.9 Å². The number of amides is 2. The number of anilines is 2. The van der Waals surface area contributed by atoms with E-state index in [2.05, 4.69) is 4.72 Å². The normalized spacial score (nSPS) is 16.3. The Bertz CT molecular complexity index is 1130. The van der Waals surface area contributed by atoms with Crippen LogP contribution in [0.2, 0.25) is 0 Å². The summed E-state index contributed by atoms with van der Waals surface area (Å²) in [4.78, 5) is 23.0. The number of rotatable bonds is 5. The lowest BCUT2D eigenvalue weighted by atomic mass is 10.2. The van der Waals surface area contributed by atoms with E-state index in [0.717, 1.165) is 0 Å². The summed E-state index contributed by atoms with van der Waals surface area (Å²) in [6, 6.07) is 10.7. The van der Waals surface area contributed by atoms with Gasteiger partial charge >= 0.3 is 0 Å². The van der Waals surface area contributed by atoms with Crippen molar-refractivity contribution in [1.82, 2.24) is 0 Å². The van der Waals surface area contributed by atoms with Crippen LogP contribution in [0.4, 0.5) is 11.4 Å². The van der Waals surface area contributed by atoms with Crippen molar-refractivity contribution in [1.29, 1.82) is 0 Å². The fraction of sp³-hybridized carbons (Fsp3) is 0.125. The van der Waals surface area contributed by atoms with E-state index in [1.165, 1.54) is 42.5 Å². The first-order valence-electron chi connectivity index (χ1n) is 7.69. The summed E-state index contributed by atoms with van der Waals surface area (Å²) in [5.74, 6) is -1.64. The molecule has 0 radical (unpaired) electrons. The lowest BCUT2D eigenvalue weighted by Gasteiger charge is -2.16. The Balaban J connectivity index is 1.91. The number of nitrogens with two attached hydrogens (primary N) is 1. The van der Waals surface area contributed by atoms with Crippen molar-refractivity contribution in [3.05, 3.63) is 54.1 Å². The molecule has 2 amide bonds. The number of carbonyl (C=O) groups is 2. The van der Waals surface area contributed by atoms with E-state index in [1.54, 1.807) is 6.07 Å². The maximum absolute atomic E-state index is 12.5. The summed E-state index contributed by atoms with van der Waals surface area (Å²) in [6.07, 6.45) is -0.117. The van der Waals surface area contributed by atoms with E-state index in [9.17, 15) is 26.4 Å². The molecule has 0 saturated carbocycles. The molecule has 2 aromatic rings. The minimum Gasteiger partial charge on any atom is -0.366 e. The number of primary amides is 1. The fourth-order valence-corrected chi connectivity index (χ4v) is 5.16. The number of carbonyl (C=O) groups excluding carboxylic acids is 2. The second-order valence-corrected chi connectivity index (χ2v) is 9.35. The molecule has 0 atom stereocenters. The molecule has 1 heterocycles. The van der Waals surface area contributed by atoms with Gasteiger partial charge in [-0.15, -0.1) is 0 Å². The van der Waals surface area contributed by atoms with Gasteiger partial charge in [0.2, 0.25) is 15.9 Å². The Morgan fingerprint density at radius 3 is 2.26 bits per heavy atom. The first kappa shape index (κ1) is 18.9. The lowest BCUT2D eigenvalue weighted by Crippen LogP contribution is -2.29. The van der Waals surface area contributed by atoms with Gasteiger partial charge in [-0.2, -0.15) is 0 Å². The lowest BCUT2D eigenvalue weighted by molar-refractivity contribution is -0.116. The van der Waals surface area contributed by atoms with E-state index in [1.807, 2.05) is 0 Å². The van der Waals surface area contributed by atoms with Gasteiger partial charge in [0.1, 0.15) is 0 Å². The Kier molecular flexibility index (Phi) is 4.66. The molecule has 27 heavy (non-hydrogen) atoms. The van der Waals surface area contributed by atoms with Crippen LogP contribution < -0.4 is 14.8 Å². The van der Waals surface area contributed by atoms with Crippen molar-refractivity contribution >= 4 is 43.2 Å². The predicted molar refractivity (Wildman–Crippen MR) is 98.1 cm³/mol. The van der Waals surface area contributed by atoms with Gasteiger partial charge in [0.15, 0.2) is 0 Å². The molecule has 11 heteroatoms. The topological polar surface area (TPSA) is 144 Å². The van der Waals surface area contributed by atoms with Gasteiger partial charge < -0.3 is 5.73 Å². The largest absolute Gasteiger partial charge is 0.366 e. The molecule has 0 unspecified atom stereocenters. The zero-order valence-corrected chi connectivity index (χ0v) is 15.5. The third-order valence-electron chi connectivity index (χ3n) is 3.90. The highest BCUT2D eigenvalue weighted by Gasteiger charge is 2.36. The number of nitrogens with zero attached hydrogens (tertiary/aromatic N) is 1. The summed E-state index contributed by atoms with van der Waals surface area (Å²) >= 11 is 0. The third-order valence-corrected chi connectivity index (χ3v) is 6.97. The van der Waals surface area contributed by atoms with Gasteiger partial charge in [-0.3, -0.25) is 14.3 Å². The Morgan fingerprint density at radius 2 is 1.70 bits per heavy atom. The molecule has 0 spiro atoms. The van der Waals surface area contributed by atoms with Crippen molar-refractivity contribution < 1.29 is 26.4 Å². The maximum Gasteiger partial charge on any atom is 0.261 e. The second kappa shape index (κ2) is 6.67. The van der Waals surface area contributed by atoms with Gasteiger partial charge in [0, 0.05) is 6.42 Å². The van der Waals surface area contributed by atoms with Crippen molar-refractivity contribution in [2.75, 3.05) is 14.8 Å². The summed E-state index contributed by atoms with van der Waals surface area (Å²) < 4.78 is 51.9. The highest BCUT2D eigenvalue weighted by molar-refractivity contribution is 7.94. The van der Waals surface area contributed by atoms with E-state index in [0.29, 0.717) is 4.31 Å². The number of hydrogen-bond donors (Lipinski definition) is 2. The second-order valence-electron chi connectivity index (χ2n) is 5.73. The summed E-state index contributed by atoms with van der Waals surface area (Å²) in [6.45, 7) is 0. The molecule has 0 aromatic heterocycles. The first-order valence-corrected chi connectivity index (χ1v) is 10.8. The minimum absolute atomic E-state index is 0.00597. The smallest absolute Gasteiger partial charge is 0.261 e. The molecule has 2 aromatic carbocycles. The molecule has 1 aliphatic rings. The van der Waals surface area contributed by atoms with Crippen LogP contribution >= 0.6 is 0 Å². The molecule has 9 nitrogen and oxygen atoms in total. The zero-order valence-electron chi connectivity index (χ0n) is 13.8. The third kappa shape index (κ3) is 3.64. The van der Waals surface area contributed by atoms with Crippen LogP contribution in [0.5, 0.6) is 0 Å². The van der Waals surface area contributed by atoms with Gasteiger partial charge in [-0.1, -0.05) is 12.1 Å². The average Bonchev–Trinajstić information content (AvgIpc) is 2.88. The fourth-order valence-electron chi connectivity index (χ4n) is 2.62. The quantitative estimate of drug-likeness (QED) is 0.742. The van der Waals surface area contributed by atoms with Gasteiger partial charge in [0.05, 0.1) is 27.6 Å². The Hall–Kier alpha value is -2.92. The van der Waals surface area contributed by atoms with Crippen molar-refractivity contribution in [3.63, 3.8) is 0 Å². The van der Waals surface area contributed by atoms with Gasteiger partial charge in [-0.25, -0.2) is 21.1 Å². The zero-order chi connectivity index (χ0) is 19.8. The molecule has 1 saturated heterocycles. The van der Waals surface area contributed by atoms with E-state index in [4.69, 9.17) is 5.73 Å². The Morgan fingerprint density at radius 1 is 1.07 bits per heavy atom. The van der Waals surface area contributed by atoms with Crippen LogP contribution in [0.15, 0.2) is 53.4 Å². The van der Waals surface area contributed by atoms with E-state index >= 15 is 0 Å². The standard InChI is InChI=1S/C16H15N3O6S2/c17-16(21)13-3-1-2-4-14(13)18-27(24,25)12-7-5-11(6-8-12)19-15(20)9-10-26(19,22)23/h1-8,18H,9-10H2,(H2,17,21). The highest BCUT2D eigenvalue weighted by atomic mass is 32.2. The first-order chi connectivity index (χ1) is 12.6. The summed E-state index contributed by atoms with van der Waals surface area (Å²) in [5.41, 5.74) is 5.32. The number of sulfonamides is 2. The molecule has 3 N–H and O–H groups in total. The number of nitrogens with one attached hydrogen (secondary N) is 1. The molecule has 1 aliphatic heterocycles. The molecule has 0 aliphatic carbocycles.